The largest absolute Gasteiger partial charge is 0.422 e. The lowest BCUT2D eigenvalue weighted by atomic mass is 10.1. The van der Waals surface area contributed by atoms with E-state index in [-0.39, 0.29) is 0 Å². The summed E-state index contributed by atoms with van der Waals surface area (Å²) in [6.07, 6.45) is -11.9. The van der Waals surface area contributed by atoms with Gasteiger partial charge in [-0.1, -0.05) is 0 Å². The maximum absolute atomic E-state index is 13.6. The molecule has 0 saturated carbocycles. The van der Waals surface area contributed by atoms with Crippen molar-refractivity contribution < 1.29 is 61.5 Å². The molecule has 2 rings (SSSR count). The smallest absolute Gasteiger partial charge is 0.203 e. The molecule has 2 aromatic carbocycles. The molecule has 0 atom stereocenters. The third-order valence-electron chi connectivity index (χ3n) is 3.30. The fraction of sp³-hybridized carbons (Fsp3) is 0.143. The molecule has 0 spiro atoms. The normalized spacial score (nSPS) is 12.9. The molecule has 0 amide bonds. The monoisotopic (exact) mass is 462 g/mol. The number of nitrogens with zero attached hydrogens (tertiary/aromatic N) is 2. The number of hydrogen-bond donors (Lipinski definition) is 0. The second kappa shape index (κ2) is 7.39. The summed E-state index contributed by atoms with van der Waals surface area (Å²) in [5, 5.41) is 4.30. The Morgan fingerprint density at radius 2 is 0.567 bits per heavy atom. The molecule has 0 N–H and O–H groups in total. The van der Waals surface area contributed by atoms with Gasteiger partial charge in [0.05, 0.1) is 0 Å². The molecule has 0 bridgehead atoms. The van der Waals surface area contributed by atoms with Crippen LogP contribution in [0.15, 0.2) is 10.2 Å². The third-order valence-corrected chi connectivity index (χ3v) is 3.30. The lowest BCUT2D eigenvalue weighted by Crippen LogP contribution is -2.15. The second-order valence-corrected chi connectivity index (χ2v) is 5.15. The van der Waals surface area contributed by atoms with Crippen LogP contribution in [-0.4, -0.2) is 0 Å². The Morgan fingerprint density at radius 1 is 0.367 bits per heavy atom. The average Bonchev–Trinajstić information content (AvgIpc) is 2.58. The zero-order valence-corrected chi connectivity index (χ0v) is 13.2. The van der Waals surface area contributed by atoms with Gasteiger partial charge in [0.15, 0.2) is 57.9 Å². The molecule has 16 heteroatoms. The zero-order chi connectivity index (χ0) is 23.3. The number of rotatable bonds is 2. The van der Waals surface area contributed by atoms with Crippen molar-refractivity contribution in [2.45, 2.75) is 12.4 Å². The molecule has 0 radical (unpaired) electrons. The first-order valence-electron chi connectivity index (χ1n) is 6.79. The minimum atomic E-state index is -5.94. The Morgan fingerprint density at radius 3 is 0.733 bits per heavy atom. The van der Waals surface area contributed by atoms with Crippen LogP contribution < -0.4 is 0 Å². The minimum absolute atomic E-state index is 2.15. The van der Waals surface area contributed by atoms with E-state index in [1.165, 1.54) is 0 Å². The van der Waals surface area contributed by atoms with Gasteiger partial charge in [-0.25, -0.2) is 35.1 Å². The summed E-state index contributed by atoms with van der Waals surface area (Å²) >= 11 is 0. The van der Waals surface area contributed by atoms with E-state index in [0.29, 0.717) is 0 Å². The standard InChI is InChI=1S/C14F14N2/c15-3-1(13(23,24)25)4(16)8(20)11(7(3)19)29-30-12-9(21)5(17)2(14(26,27)28)6(18)10(12)22. The zero-order valence-electron chi connectivity index (χ0n) is 13.2. The van der Waals surface area contributed by atoms with Gasteiger partial charge in [-0.15, -0.1) is 10.2 Å². The Kier molecular flexibility index (Phi) is 5.75. The fourth-order valence-corrected chi connectivity index (χ4v) is 2.01. The molecule has 0 fully saturated rings. The van der Waals surface area contributed by atoms with Crippen molar-refractivity contribution in [3.63, 3.8) is 0 Å². The molecule has 2 nitrogen and oxygen atoms in total. The van der Waals surface area contributed by atoms with E-state index in [0.717, 1.165) is 0 Å². The van der Waals surface area contributed by atoms with Gasteiger partial charge < -0.3 is 0 Å². The predicted molar refractivity (Wildman–Crippen MR) is 66.7 cm³/mol. The van der Waals surface area contributed by atoms with E-state index >= 15 is 0 Å². The lowest BCUT2D eigenvalue weighted by Gasteiger charge is -2.12. The molecule has 2 aromatic rings. The summed E-state index contributed by atoms with van der Waals surface area (Å²) < 4.78 is 183. The summed E-state index contributed by atoms with van der Waals surface area (Å²) in [5.74, 6) is -23.7. The fourth-order valence-electron chi connectivity index (χ4n) is 2.01. The van der Waals surface area contributed by atoms with Crippen LogP contribution in [0.1, 0.15) is 11.1 Å². The minimum Gasteiger partial charge on any atom is -0.203 e. The summed E-state index contributed by atoms with van der Waals surface area (Å²) in [5.41, 5.74) is -10.8. The average molecular weight is 462 g/mol. The summed E-state index contributed by atoms with van der Waals surface area (Å²) in [6.45, 7) is 0. The highest BCUT2D eigenvalue weighted by Gasteiger charge is 2.44. The van der Waals surface area contributed by atoms with Gasteiger partial charge in [0.1, 0.15) is 11.1 Å². The molecule has 0 aliphatic rings. The first-order chi connectivity index (χ1) is 13.5. The maximum Gasteiger partial charge on any atom is 0.422 e. The molecule has 30 heavy (non-hydrogen) atoms. The maximum atomic E-state index is 13.6. The predicted octanol–water partition coefficient (Wildman–Crippen LogP) is 7.25. The van der Waals surface area contributed by atoms with Crippen LogP contribution in [0.4, 0.5) is 72.8 Å². The Labute approximate surface area is 154 Å². The molecule has 164 valence electrons. The van der Waals surface area contributed by atoms with Crippen molar-refractivity contribution in [2.24, 2.45) is 10.2 Å². The van der Waals surface area contributed by atoms with E-state index < -0.39 is 81.4 Å². The number of halogens is 14. The van der Waals surface area contributed by atoms with Crippen LogP contribution in [0.3, 0.4) is 0 Å². The molecule has 0 heterocycles. The van der Waals surface area contributed by atoms with E-state index in [4.69, 9.17) is 0 Å². The number of alkyl halides is 6. The van der Waals surface area contributed by atoms with E-state index in [1.807, 2.05) is 0 Å². The molecule has 0 saturated heterocycles. The van der Waals surface area contributed by atoms with Crippen LogP contribution in [0, 0.1) is 46.5 Å². The first kappa shape index (κ1) is 23.3. The SMILES string of the molecule is Fc1c(F)c(C(F)(F)F)c(F)c(F)c1N=Nc1c(F)c(F)c(C(F)(F)F)c(F)c1F. The van der Waals surface area contributed by atoms with Crippen LogP contribution in [0.5, 0.6) is 0 Å². The Balaban J connectivity index is 2.73. The van der Waals surface area contributed by atoms with Gasteiger partial charge in [0.25, 0.3) is 0 Å². The van der Waals surface area contributed by atoms with Crippen molar-refractivity contribution in [1.82, 2.24) is 0 Å². The van der Waals surface area contributed by atoms with Gasteiger partial charge in [-0.05, 0) is 0 Å². The van der Waals surface area contributed by atoms with Crippen molar-refractivity contribution in [3.8, 4) is 0 Å². The quantitative estimate of drug-likeness (QED) is 0.255. The van der Waals surface area contributed by atoms with Crippen LogP contribution in [-0.2, 0) is 12.4 Å². The first-order valence-corrected chi connectivity index (χ1v) is 6.79. The van der Waals surface area contributed by atoms with Crippen molar-refractivity contribution in [2.75, 3.05) is 0 Å². The van der Waals surface area contributed by atoms with Crippen molar-refractivity contribution in [1.29, 1.82) is 0 Å². The van der Waals surface area contributed by atoms with Gasteiger partial charge >= 0.3 is 12.4 Å². The molecule has 0 aromatic heterocycles. The summed E-state index contributed by atoms with van der Waals surface area (Å²) in [6, 6.07) is 0. The highest BCUT2D eigenvalue weighted by atomic mass is 19.4. The summed E-state index contributed by atoms with van der Waals surface area (Å²) in [4.78, 5) is 0. The van der Waals surface area contributed by atoms with Crippen LogP contribution >= 0.6 is 0 Å². The van der Waals surface area contributed by atoms with Gasteiger partial charge in [0.2, 0.25) is 0 Å². The van der Waals surface area contributed by atoms with Gasteiger partial charge in [-0.2, -0.15) is 26.3 Å². The molecular formula is C14F14N2. The molecule has 0 unspecified atom stereocenters. The van der Waals surface area contributed by atoms with E-state index in [2.05, 4.69) is 10.2 Å². The van der Waals surface area contributed by atoms with Crippen LogP contribution in [0.25, 0.3) is 0 Å². The summed E-state index contributed by atoms with van der Waals surface area (Å²) in [7, 11) is 0. The third kappa shape index (κ3) is 3.77. The highest BCUT2D eigenvalue weighted by Crippen LogP contribution is 2.42. The van der Waals surface area contributed by atoms with Crippen molar-refractivity contribution >= 4 is 11.4 Å². The topological polar surface area (TPSA) is 24.7 Å². The Hall–Kier alpha value is -2.94. The number of azo groups is 1. The van der Waals surface area contributed by atoms with Crippen molar-refractivity contribution in [3.05, 3.63) is 57.7 Å². The highest BCUT2D eigenvalue weighted by molar-refractivity contribution is 5.48. The number of benzene rings is 2. The van der Waals surface area contributed by atoms with Gasteiger partial charge in [0, 0.05) is 0 Å². The molecule has 0 aliphatic carbocycles. The van der Waals surface area contributed by atoms with Crippen LogP contribution in [0.2, 0.25) is 0 Å². The molecule has 0 aliphatic heterocycles. The number of hydrogen-bond acceptors (Lipinski definition) is 2. The lowest BCUT2D eigenvalue weighted by molar-refractivity contribution is -0.144. The molecular weight excluding hydrogens is 462 g/mol. The van der Waals surface area contributed by atoms with E-state index in [9.17, 15) is 61.5 Å². The second-order valence-electron chi connectivity index (χ2n) is 5.15. The Bertz CT molecular complexity index is 909. The van der Waals surface area contributed by atoms with E-state index in [1.54, 1.807) is 0 Å². The van der Waals surface area contributed by atoms with Gasteiger partial charge in [-0.3, -0.25) is 0 Å².